The summed E-state index contributed by atoms with van der Waals surface area (Å²) >= 11 is 0. The van der Waals surface area contributed by atoms with Gasteiger partial charge in [-0.05, 0) is 67.5 Å². The largest absolute Gasteiger partial charge is 0.485 e. The van der Waals surface area contributed by atoms with E-state index in [0.717, 1.165) is 59.6 Å². The van der Waals surface area contributed by atoms with Crippen molar-refractivity contribution in [2.75, 3.05) is 31.9 Å². The van der Waals surface area contributed by atoms with Gasteiger partial charge in [0.1, 0.15) is 25.3 Å². The van der Waals surface area contributed by atoms with Crippen LogP contribution in [0.25, 0.3) is 11.3 Å². The third-order valence-electron chi connectivity index (χ3n) is 9.71. The van der Waals surface area contributed by atoms with Crippen LogP contribution in [0.4, 0.5) is 5.69 Å². The van der Waals surface area contributed by atoms with Gasteiger partial charge < -0.3 is 29.5 Å². The standard InChI is InChI=1S/C43H47N5O6/c1-29-41(53-27-33-12-8-5-9-13-33)40(42(49)46-38(43(50)51)24-31-10-6-4-7-11-31)47-39(45-29)25-32-20-22-48(23-21-32)36-17-14-34(15-18-36)37-19-16-35(26-44-37)30(2)54-28-52-3/h4-19,26,30,32,38H,20-25,27-28H2,1-3H3,(H,46,49)(H,50,51). The van der Waals surface area contributed by atoms with Gasteiger partial charge in [-0.1, -0.05) is 78.9 Å². The number of hydrogen-bond acceptors (Lipinski definition) is 9. The topological polar surface area (TPSA) is 136 Å². The van der Waals surface area contributed by atoms with E-state index in [1.807, 2.05) is 85.9 Å². The Hall–Kier alpha value is -5.65. The van der Waals surface area contributed by atoms with Crippen LogP contribution in [0.1, 0.15) is 64.6 Å². The zero-order valence-electron chi connectivity index (χ0n) is 31.0. The van der Waals surface area contributed by atoms with Crippen LogP contribution in [-0.4, -0.2) is 65.0 Å². The molecule has 6 rings (SSSR count). The summed E-state index contributed by atoms with van der Waals surface area (Å²) in [6.45, 7) is 5.97. The Morgan fingerprint density at radius 1 is 0.907 bits per heavy atom. The van der Waals surface area contributed by atoms with E-state index in [0.29, 0.717) is 23.9 Å². The van der Waals surface area contributed by atoms with Gasteiger partial charge in [0.05, 0.1) is 17.5 Å². The van der Waals surface area contributed by atoms with Gasteiger partial charge in [0.25, 0.3) is 5.91 Å². The van der Waals surface area contributed by atoms with Gasteiger partial charge in [-0.25, -0.2) is 14.8 Å². The van der Waals surface area contributed by atoms with Gasteiger partial charge in [0, 0.05) is 50.5 Å². The molecule has 1 fully saturated rings. The van der Waals surface area contributed by atoms with Crippen molar-refractivity contribution in [3.8, 4) is 17.0 Å². The highest BCUT2D eigenvalue weighted by Gasteiger charge is 2.28. The number of aryl methyl sites for hydroxylation is 1. The second-order valence-corrected chi connectivity index (χ2v) is 13.6. The lowest BCUT2D eigenvalue weighted by molar-refractivity contribution is -0.139. The van der Waals surface area contributed by atoms with Crippen LogP contribution in [0.2, 0.25) is 0 Å². The molecule has 0 aliphatic carbocycles. The Labute approximate surface area is 316 Å². The molecule has 11 nitrogen and oxygen atoms in total. The lowest BCUT2D eigenvalue weighted by Crippen LogP contribution is -2.43. The van der Waals surface area contributed by atoms with Crippen molar-refractivity contribution in [1.82, 2.24) is 20.3 Å². The van der Waals surface area contributed by atoms with E-state index in [4.69, 9.17) is 24.2 Å². The summed E-state index contributed by atoms with van der Waals surface area (Å²) < 4.78 is 16.8. The van der Waals surface area contributed by atoms with Gasteiger partial charge in [0.2, 0.25) is 0 Å². The quantitative estimate of drug-likeness (QED) is 0.102. The third-order valence-corrected chi connectivity index (χ3v) is 9.71. The number of piperidine rings is 1. The van der Waals surface area contributed by atoms with E-state index in [-0.39, 0.29) is 37.4 Å². The number of carbonyl (C=O) groups is 2. The first-order chi connectivity index (χ1) is 26.3. The molecule has 0 radical (unpaired) electrons. The highest BCUT2D eigenvalue weighted by Crippen LogP contribution is 2.29. The number of aliphatic carboxylic acids is 1. The number of hydrogen-bond donors (Lipinski definition) is 2. The molecule has 1 saturated heterocycles. The SMILES string of the molecule is COCOC(C)c1ccc(-c2ccc(N3CCC(Cc4nc(C)c(OCc5ccccc5)c(C(=O)NC(Cc5ccccc5)C(=O)O)n4)CC3)cc2)nc1. The molecular formula is C43H47N5O6. The monoisotopic (exact) mass is 729 g/mol. The number of carboxylic acid groups (broad SMARTS) is 1. The smallest absolute Gasteiger partial charge is 0.326 e. The highest BCUT2D eigenvalue weighted by molar-refractivity contribution is 5.97. The average Bonchev–Trinajstić information content (AvgIpc) is 3.20. The molecule has 3 aromatic carbocycles. The van der Waals surface area contributed by atoms with E-state index in [2.05, 4.69) is 39.5 Å². The summed E-state index contributed by atoms with van der Waals surface area (Å²) in [5.41, 5.74) is 6.40. The molecule has 11 heteroatoms. The fourth-order valence-electron chi connectivity index (χ4n) is 6.62. The second-order valence-electron chi connectivity index (χ2n) is 13.6. The maximum atomic E-state index is 13.8. The lowest BCUT2D eigenvalue weighted by atomic mass is 9.92. The molecule has 2 atom stereocenters. The Bertz CT molecular complexity index is 1970. The predicted octanol–water partition coefficient (Wildman–Crippen LogP) is 6.99. The molecular weight excluding hydrogens is 683 g/mol. The molecule has 3 heterocycles. The second kappa shape index (κ2) is 18.4. The number of carbonyl (C=O) groups excluding carboxylic acids is 1. The van der Waals surface area contributed by atoms with Gasteiger partial charge in [-0.15, -0.1) is 0 Å². The fraction of sp³-hybridized carbons (Fsp3) is 0.326. The number of rotatable bonds is 16. The lowest BCUT2D eigenvalue weighted by Gasteiger charge is -2.33. The summed E-state index contributed by atoms with van der Waals surface area (Å²) in [6.07, 6.45) is 4.34. The van der Waals surface area contributed by atoms with Gasteiger partial charge in [-0.2, -0.15) is 0 Å². The van der Waals surface area contributed by atoms with Crippen LogP contribution >= 0.6 is 0 Å². The molecule has 1 aliphatic heterocycles. The molecule has 1 aliphatic rings. The van der Waals surface area contributed by atoms with Crippen LogP contribution in [0.3, 0.4) is 0 Å². The molecule has 2 unspecified atom stereocenters. The summed E-state index contributed by atoms with van der Waals surface area (Å²) in [7, 11) is 1.61. The number of anilines is 1. The van der Waals surface area contributed by atoms with E-state index >= 15 is 0 Å². The minimum absolute atomic E-state index is 0.0448. The van der Waals surface area contributed by atoms with Crippen LogP contribution in [0.5, 0.6) is 5.75 Å². The van der Waals surface area contributed by atoms with Crippen molar-refractivity contribution < 1.29 is 28.9 Å². The van der Waals surface area contributed by atoms with Gasteiger partial charge >= 0.3 is 5.97 Å². The summed E-state index contributed by atoms with van der Waals surface area (Å²) in [4.78, 5) is 42.6. The van der Waals surface area contributed by atoms with E-state index < -0.39 is 17.9 Å². The predicted molar refractivity (Wildman–Crippen MR) is 206 cm³/mol. The normalized spacial score (nSPS) is 14.3. The number of pyridine rings is 1. The minimum atomic E-state index is -1.15. The van der Waals surface area contributed by atoms with Crippen LogP contribution in [0.15, 0.2) is 103 Å². The summed E-state index contributed by atoms with van der Waals surface area (Å²) in [5, 5.41) is 12.7. The Morgan fingerprint density at radius 3 is 2.22 bits per heavy atom. The summed E-state index contributed by atoms with van der Waals surface area (Å²) in [6, 6.07) is 30.2. The maximum absolute atomic E-state index is 13.8. The van der Waals surface area contributed by atoms with E-state index in [1.54, 1.807) is 14.0 Å². The van der Waals surface area contributed by atoms with Gasteiger partial charge in [-0.3, -0.25) is 9.78 Å². The first kappa shape index (κ1) is 38.1. The third kappa shape index (κ3) is 10.1. The molecule has 5 aromatic rings. The average molecular weight is 730 g/mol. The molecule has 2 N–H and O–H groups in total. The first-order valence-corrected chi connectivity index (χ1v) is 18.3. The molecule has 2 aromatic heterocycles. The number of benzene rings is 3. The number of ether oxygens (including phenoxy) is 3. The molecule has 0 spiro atoms. The Balaban J connectivity index is 1.11. The first-order valence-electron chi connectivity index (χ1n) is 18.3. The van der Waals surface area contributed by atoms with E-state index in [9.17, 15) is 14.7 Å². The number of aromatic nitrogens is 3. The van der Waals surface area contributed by atoms with Gasteiger partial charge in [0.15, 0.2) is 11.4 Å². The number of carboxylic acids is 1. The van der Waals surface area contributed by atoms with Crippen LogP contribution < -0.4 is 15.0 Å². The van der Waals surface area contributed by atoms with Crippen molar-refractivity contribution in [2.45, 2.75) is 58.3 Å². The number of methoxy groups -OCH3 is 1. The number of nitrogens with zero attached hydrogens (tertiary/aromatic N) is 4. The van der Waals surface area contributed by atoms with Crippen LogP contribution in [0, 0.1) is 12.8 Å². The molecule has 0 saturated carbocycles. The zero-order chi connectivity index (χ0) is 37.9. The van der Waals surface area contributed by atoms with Crippen molar-refractivity contribution in [1.29, 1.82) is 0 Å². The van der Waals surface area contributed by atoms with Crippen molar-refractivity contribution in [3.63, 3.8) is 0 Å². The highest BCUT2D eigenvalue weighted by atomic mass is 16.7. The minimum Gasteiger partial charge on any atom is -0.485 e. The molecule has 54 heavy (non-hydrogen) atoms. The van der Waals surface area contributed by atoms with Crippen molar-refractivity contribution in [2.24, 2.45) is 5.92 Å². The molecule has 280 valence electrons. The van der Waals surface area contributed by atoms with Crippen LogP contribution in [-0.2, 0) is 33.7 Å². The number of amides is 1. The van der Waals surface area contributed by atoms with E-state index in [1.165, 1.54) is 0 Å². The number of nitrogens with one attached hydrogen (secondary N) is 1. The Morgan fingerprint density at radius 2 is 1.59 bits per heavy atom. The van der Waals surface area contributed by atoms with Crippen molar-refractivity contribution in [3.05, 3.63) is 137 Å². The molecule has 1 amide bonds. The summed E-state index contributed by atoms with van der Waals surface area (Å²) in [5.74, 6) is -0.631. The molecule has 0 bridgehead atoms. The fourth-order valence-corrected chi connectivity index (χ4v) is 6.62. The maximum Gasteiger partial charge on any atom is 0.326 e. The van der Waals surface area contributed by atoms with Crippen molar-refractivity contribution >= 4 is 17.6 Å². The zero-order valence-corrected chi connectivity index (χ0v) is 31.0. The Kier molecular flexibility index (Phi) is 13.0.